The second-order valence-corrected chi connectivity index (χ2v) is 9.46. The average molecular weight is 392 g/mol. The lowest BCUT2D eigenvalue weighted by Crippen LogP contribution is -2.62. The van der Waals surface area contributed by atoms with Gasteiger partial charge in [0.2, 0.25) is 0 Å². The first-order chi connectivity index (χ1) is 13.6. The standard InChI is InChI=1S/C23H29N5O/c1-14-11-15(21(29)25-16-12-22(2,3)28-23(4,5)13-16)8-9-17(14)19-26-18-7-6-10-24-20(18)27-19/h6-11,16,28H,12-13H2,1-5H3,(H,25,29)(H,24,26,27). The lowest BCUT2D eigenvalue weighted by molar-refractivity contribution is 0.0873. The van der Waals surface area contributed by atoms with Crippen LogP contribution in [-0.4, -0.2) is 38.0 Å². The Labute approximate surface area is 171 Å². The summed E-state index contributed by atoms with van der Waals surface area (Å²) in [6.07, 6.45) is 3.55. The van der Waals surface area contributed by atoms with Crippen molar-refractivity contribution < 1.29 is 4.79 Å². The van der Waals surface area contributed by atoms with E-state index in [-0.39, 0.29) is 23.0 Å². The van der Waals surface area contributed by atoms with Crippen LogP contribution in [-0.2, 0) is 0 Å². The van der Waals surface area contributed by atoms with E-state index in [4.69, 9.17) is 0 Å². The summed E-state index contributed by atoms with van der Waals surface area (Å²) in [6, 6.07) is 9.75. The number of hydrogen-bond acceptors (Lipinski definition) is 4. The predicted octanol–water partition coefficient (Wildman–Crippen LogP) is 3.97. The molecule has 1 aromatic carbocycles. The molecule has 1 fully saturated rings. The highest BCUT2D eigenvalue weighted by Gasteiger charge is 2.38. The smallest absolute Gasteiger partial charge is 0.251 e. The van der Waals surface area contributed by atoms with Gasteiger partial charge in [-0.15, -0.1) is 0 Å². The van der Waals surface area contributed by atoms with Crippen LogP contribution >= 0.6 is 0 Å². The molecule has 3 heterocycles. The van der Waals surface area contributed by atoms with Crippen molar-refractivity contribution in [2.45, 2.75) is 64.6 Å². The van der Waals surface area contributed by atoms with Gasteiger partial charge in [0.1, 0.15) is 5.82 Å². The number of imidazole rings is 1. The van der Waals surface area contributed by atoms with Crippen LogP contribution in [0.5, 0.6) is 0 Å². The molecule has 1 saturated heterocycles. The lowest BCUT2D eigenvalue weighted by Gasteiger charge is -2.46. The molecular formula is C23H29N5O. The van der Waals surface area contributed by atoms with Crippen molar-refractivity contribution >= 4 is 17.1 Å². The minimum absolute atomic E-state index is 0.00516. The molecule has 152 valence electrons. The van der Waals surface area contributed by atoms with E-state index in [0.29, 0.717) is 11.2 Å². The van der Waals surface area contributed by atoms with Crippen LogP contribution in [0.15, 0.2) is 36.5 Å². The number of fused-ring (bicyclic) bond motifs is 1. The number of rotatable bonds is 3. The number of H-pyrrole nitrogens is 1. The molecule has 1 aliphatic heterocycles. The molecule has 2 aromatic heterocycles. The van der Waals surface area contributed by atoms with Gasteiger partial charge in [0.05, 0.1) is 5.52 Å². The Morgan fingerprint density at radius 2 is 1.86 bits per heavy atom. The van der Waals surface area contributed by atoms with Crippen LogP contribution < -0.4 is 10.6 Å². The van der Waals surface area contributed by atoms with E-state index >= 15 is 0 Å². The highest BCUT2D eigenvalue weighted by atomic mass is 16.1. The van der Waals surface area contributed by atoms with E-state index in [2.05, 4.69) is 53.3 Å². The molecule has 0 unspecified atom stereocenters. The molecule has 0 radical (unpaired) electrons. The fourth-order valence-electron chi connectivity index (χ4n) is 4.74. The summed E-state index contributed by atoms with van der Waals surface area (Å²) < 4.78 is 0. The Morgan fingerprint density at radius 1 is 1.14 bits per heavy atom. The molecule has 0 bridgehead atoms. The number of nitrogens with zero attached hydrogens (tertiary/aromatic N) is 2. The summed E-state index contributed by atoms with van der Waals surface area (Å²) in [4.78, 5) is 25.1. The largest absolute Gasteiger partial charge is 0.349 e. The number of carbonyl (C=O) groups is 1. The number of piperidine rings is 1. The molecule has 0 saturated carbocycles. The van der Waals surface area contributed by atoms with Gasteiger partial charge in [0.25, 0.3) is 5.91 Å². The molecule has 6 heteroatoms. The van der Waals surface area contributed by atoms with E-state index in [1.165, 1.54) is 0 Å². The number of aromatic amines is 1. The van der Waals surface area contributed by atoms with Crippen LogP contribution in [0.3, 0.4) is 0 Å². The van der Waals surface area contributed by atoms with Crippen LogP contribution in [0.4, 0.5) is 0 Å². The third-order valence-corrected chi connectivity index (χ3v) is 5.53. The van der Waals surface area contributed by atoms with Gasteiger partial charge < -0.3 is 15.6 Å². The SMILES string of the molecule is Cc1cc(C(=O)NC2CC(C)(C)NC(C)(C)C2)ccc1-c1nc2ncccc2[nH]1. The average Bonchev–Trinajstić information content (AvgIpc) is 3.02. The number of aryl methyl sites for hydroxylation is 1. The molecule has 6 nitrogen and oxygen atoms in total. The van der Waals surface area contributed by atoms with Gasteiger partial charge in [-0.05, 0) is 77.3 Å². The highest BCUT2D eigenvalue weighted by molar-refractivity contribution is 5.95. The molecule has 0 aliphatic carbocycles. The van der Waals surface area contributed by atoms with Crippen LogP contribution in [0.1, 0.15) is 56.5 Å². The third kappa shape index (κ3) is 4.17. The molecular weight excluding hydrogens is 362 g/mol. The predicted molar refractivity (Wildman–Crippen MR) is 116 cm³/mol. The first-order valence-corrected chi connectivity index (χ1v) is 10.1. The normalized spacial score (nSPS) is 18.7. The number of nitrogens with one attached hydrogen (secondary N) is 3. The Balaban J connectivity index is 1.53. The van der Waals surface area contributed by atoms with Gasteiger partial charge in [0, 0.05) is 34.4 Å². The zero-order valence-electron chi connectivity index (χ0n) is 17.8. The number of amides is 1. The van der Waals surface area contributed by atoms with Crippen molar-refractivity contribution in [3.05, 3.63) is 47.7 Å². The first kappa shape index (κ1) is 19.6. The monoisotopic (exact) mass is 391 g/mol. The maximum absolute atomic E-state index is 12.9. The van der Waals surface area contributed by atoms with E-state index in [1.807, 2.05) is 37.3 Å². The van der Waals surface area contributed by atoms with Crippen LogP contribution in [0.2, 0.25) is 0 Å². The molecule has 3 aromatic rings. The van der Waals surface area contributed by atoms with Crippen LogP contribution in [0.25, 0.3) is 22.6 Å². The second-order valence-electron chi connectivity index (χ2n) is 9.46. The van der Waals surface area contributed by atoms with Gasteiger partial charge in [-0.3, -0.25) is 4.79 Å². The van der Waals surface area contributed by atoms with Crippen molar-refractivity contribution in [3.8, 4) is 11.4 Å². The summed E-state index contributed by atoms with van der Waals surface area (Å²) in [5.41, 5.74) is 4.24. The highest BCUT2D eigenvalue weighted by Crippen LogP contribution is 2.29. The summed E-state index contributed by atoms with van der Waals surface area (Å²) in [7, 11) is 0. The molecule has 0 spiro atoms. The van der Waals surface area contributed by atoms with Gasteiger partial charge in [0.15, 0.2) is 5.65 Å². The van der Waals surface area contributed by atoms with Gasteiger partial charge in [-0.2, -0.15) is 0 Å². The fraction of sp³-hybridized carbons (Fsp3) is 0.435. The van der Waals surface area contributed by atoms with Crippen molar-refractivity contribution in [2.75, 3.05) is 0 Å². The van der Waals surface area contributed by atoms with Crippen molar-refractivity contribution in [3.63, 3.8) is 0 Å². The zero-order chi connectivity index (χ0) is 20.8. The van der Waals surface area contributed by atoms with Crippen molar-refractivity contribution in [2.24, 2.45) is 0 Å². The van der Waals surface area contributed by atoms with E-state index in [9.17, 15) is 4.79 Å². The maximum atomic E-state index is 12.9. The number of hydrogen-bond donors (Lipinski definition) is 3. The lowest BCUT2D eigenvalue weighted by atomic mass is 9.79. The third-order valence-electron chi connectivity index (χ3n) is 5.53. The molecule has 0 atom stereocenters. The van der Waals surface area contributed by atoms with Crippen molar-refractivity contribution in [1.29, 1.82) is 0 Å². The van der Waals surface area contributed by atoms with E-state index < -0.39 is 0 Å². The van der Waals surface area contributed by atoms with Crippen LogP contribution in [0, 0.1) is 6.92 Å². The molecule has 29 heavy (non-hydrogen) atoms. The topological polar surface area (TPSA) is 82.7 Å². The van der Waals surface area contributed by atoms with E-state index in [0.717, 1.165) is 35.3 Å². The Kier molecular flexibility index (Phi) is 4.69. The summed E-state index contributed by atoms with van der Waals surface area (Å²) in [5, 5.41) is 6.90. The first-order valence-electron chi connectivity index (χ1n) is 10.1. The molecule has 3 N–H and O–H groups in total. The zero-order valence-corrected chi connectivity index (χ0v) is 17.8. The van der Waals surface area contributed by atoms with Gasteiger partial charge >= 0.3 is 0 Å². The summed E-state index contributed by atoms with van der Waals surface area (Å²) >= 11 is 0. The minimum atomic E-state index is -0.0237. The quantitative estimate of drug-likeness (QED) is 0.631. The fourth-order valence-corrected chi connectivity index (χ4v) is 4.74. The Bertz CT molecular complexity index is 1020. The van der Waals surface area contributed by atoms with Gasteiger partial charge in [-0.25, -0.2) is 9.97 Å². The van der Waals surface area contributed by atoms with E-state index in [1.54, 1.807) is 6.20 Å². The molecule has 1 amide bonds. The number of carbonyl (C=O) groups excluding carboxylic acids is 1. The van der Waals surface area contributed by atoms with Gasteiger partial charge in [-0.1, -0.05) is 6.07 Å². The van der Waals surface area contributed by atoms with Crippen molar-refractivity contribution in [1.82, 2.24) is 25.6 Å². The molecule has 1 aliphatic rings. The maximum Gasteiger partial charge on any atom is 0.251 e. The molecule has 4 rings (SSSR count). The number of pyridine rings is 1. The Hall–Kier alpha value is -2.73. The summed E-state index contributed by atoms with van der Waals surface area (Å²) in [6.45, 7) is 10.8. The second kappa shape index (κ2) is 6.95. The Morgan fingerprint density at radius 3 is 2.52 bits per heavy atom. The summed E-state index contributed by atoms with van der Waals surface area (Å²) in [5.74, 6) is 0.745. The number of aromatic nitrogens is 3. The number of benzene rings is 1. The minimum Gasteiger partial charge on any atom is -0.349 e.